The van der Waals surface area contributed by atoms with E-state index in [4.69, 9.17) is 16.3 Å². The molecule has 3 aromatic carbocycles. The number of amides is 1. The van der Waals surface area contributed by atoms with Crippen molar-refractivity contribution in [2.45, 2.75) is 19.4 Å². The number of hydrogen-bond donors (Lipinski definition) is 1. The van der Waals surface area contributed by atoms with Gasteiger partial charge in [-0.15, -0.1) is 0 Å². The van der Waals surface area contributed by atoms with E-state index < -0.39 is 17.7 Å². The maximum absolute atomic E-state index is 13.4. The molecule has 176 valence electrons. The molecule has 2 heterocycles. The minimum atomic E-state index is -0.923. The van der Waals surface area contributed by atoms with Gasteiger partial charge < -0.3 is 9.84 Å². The van der Waals surface area contributed by atoms with Crippen LogP contribution < -0.4 is 9.64 Å². The highest BCUT2D eigenvalue weighted by Gasteiger charge is 2.49. The Morgan fingerprint density at radius 2 is 1.86 bits per heavy atom. The van der Waals surface area contributed by atoms with Gasteiger partial charge in [0.1, 0.15) is 17.6 Å². The van der Waals surface area contributed by atoms with Crippen LogP contribution in [0.1, 0.15) is 29.7 Å². The van der Waals surface area contributed by atoms with Gasteiger partial charge in [-0.25, -0.2) is 4.98 Å². The van der Waals surface area contributed by atoms with Crippen LogP contribution >= 0.6 is 22.9 Å². The first-order valence-corrected chi connectivity index (χ1v) is 12.2. The van der Waals surface area contributed by atoms with Crippen LogP contribution in [0.25, 0.3) is 16.0 Å². The van der Waals surface area contributed by atoms with E-state index in [9.17, 15) is 14.7 Å². The van der Waals surface area contributed by atoms with Crippen molar-refractivity contribution in [2.75, 3.05) is 12.0 Å². The molecule has 0 radical (unpaired) electrons. The summed E-state index contributed by atoms with van der Waals surface area (Å²) in [5, 5.41) is 12.1. The molecule has 1 amide bonds. The number of fused-ring (bicyclic) bond motifs is 1. The molecule has 1 aromatic heterocycles. The quantitative estimate of drug-likeness (QED) is 0.200. The molecule has 5 rings (SSSR count). The number of methoxy groups -OCH3 is 1. The maximum Gasteiger partial charge on any atom is 0.301 e. The minimum Gasteiger partial charge on any atom is -0.507 e. The van der Waals surface area contributed by atoms with Crippen LogP contribution in [0.5, 0.6) is 5.75 Å². The Balaban J connectivity index is 1.74. The van der Waals surface area contributed by atoms with Gasteiger partial charge in [0.05, 0.1) is 22.9 Å². The van der Waals surface area contributed by atoms with Crippen LogP contribution in [-0.2, 0) is 16.0 Å². The molecule has 1 N–H and O–H groups in total. The van der Waals surface area contributed by atoms with Crippen molar-refractivity contribution in [3.05, 3.63) is 94.0 Å². The number of anilines is 1. The summed E-state index contributed by atoms with van der Waals surface area (Å²) in [6.45, 7) is 2.07. The van der Waals surface area contributed by atoms with Crippen molar-refractivity contribution in [2.24, 2.45) is 0 Å². The van der Waals surface area contributed by atoms with E-state index in [1.807, 2.05) is 18.2 Å². The van der Waals surface area contributed by atoms with Crippen molar-refractivity contribution in [3.63, 3.8) is 0 Å². The Morgan fingerprint density at radius 3 is 2.57 bits per heavy atom. The predicted molar refractivity (Wildman–Crippen MR) is 138 cm³/mol. The number of para-hydroxylation sites is 1. The first kappa shape index (κ1) is 23.1. The molecule has 1 atom stereocenters. The summed E-state index contributed by atoms with van der Waals surface area (Å²) >= 11 is 7.34. The van der Waals surface area contributed by atoms with E-state index in [1.165, 1.54) is 23.3 Å². The van der Waals surface area contributed by atoms with Crippen molar-refractivity contribution in [3.8, 4) is 5.75 Å². The lowest BCUT2D eigenvalue weighted by Crippen LogP contribution is -2.29. The molecular formula is C27H21ClN2O4S. The van der Waals surface area contributed by atoms with Crippen molar-refractivity contribution in [1.82, 2.24) is 4.98 Å². The summed E-state index contributed by atoms with van der Waals surface area (Å²) in [5.41, 5.74) is 2.80. The molecular weight excluding hydrogens is 484 g/mol. The third-order valence-electron chi connectivity index (χ3n) is 6.05. The first-order valence-electron chi connectivity index (χ1n) is 11.0. The zero-order valence-corrected chi connectivity index (χ0v) is 20.6. The number of aromatic nitrogens is 1. The van der Waals surface area contributed by atoms with Crippen LogP contribution in [0.3, 0.4) is 0 Å². The number of nitrogens with zero attached hydrogens (tertiary/aromatic N) is 2. The average molecular weight is 505 g/mol. The van der Waals surface area contributed by atoms with Gasteiger partial charge in [-0.05, 0) is 54.4 Å². The molecule has 1 fully saturated rings. The van der Waals surface area contributed by atoms with Gasteiger partial charge in [0.15, 0.2) is 5.13 Å². The molecule has 6 nitrogen and oxygen atoms in total. The fraction of sp³-hybridized carbons (Fsp3) is 0.148. The Labute approximate surface area is 211 Å². The molecule has 0 saturated carbocycles. The lowest BCUT2D eigenvalue weighted by atomic mass is 9.95. The standard InChI is InChI=1S/C27H21ClN2O4S/c1-3-15-8-13-19-21(14-15)35-27(29-19)30-23(18-6-4-5-7-20(18)34-2)22(25(32)26(30)33)24(31)16-9-11-17(28)12-10-16/h4-14,23,31H,3H2,1-2H3/b24-22+/t23-/m1/s1. The van der Waals surface area contributed by atoms with E-state index in [-0.39, 0.29) is 11.3 Å². The molecule has 0 bridgehead atoms. The van der Waals surface area contributed by atoms with Crippen LogP contribution in [-0.4, -0.2) is 28.9 Å². The molecule has 1 saturated heterocycles. The zero-order valence-electron chi connectivity index (χ0n) is 19.0. The minimum absolute atomic E-state index is 0.0321. The third kappa shape index (κ3) is 3.96. The summed E-state index contributed by atoms with van der Waals surface area (Å²) in [5.74, 6) is -1.35. The Morgan fingerprint density at radius 1 is 1.11 bits per heavy atom. The topological polar surface area (TPSA) is 79.7 Å². The predicted octanol–water partition coefficient (Wildman–Crippen LogP) is 6.15. The van der Waals surface area contributed by atoms with E-state index >= 15 is 0 Å². The van der Waals surface area contributed by atoms with E-state index in [1.54, 1.807) is 48.5 Å². The smallest absolute Gasteiger partial charge is 0.301 e. The SMILES string of the molecule is CCc1ccc2nc(N3C(=O)C(=O)/C(=C(/O)c4ccc(Cl)cc4)[C@H]3c3ccccc3OC)sc2c1. The normalized spacial score (nSPS) is 17.3. The number of halogens is 1. The molecule has 8 heteroatoms. The zero-order chi connectivity index (χ0) is 24.7. The number of rotatable bonds is 5. The number of benzene rings is 3. The van der Waals surface area contributed by atoms with Gasteiger partial charge in [-0.2, -0.15) is 0 Å². The summed E-state index contributed by atoms with van der Waals surface area (Å²) in [4.78, 5) is 32.8. The molecule has 1 aliphatic rings. The van der Waals surface area contributed by atoms with E-state index in [2.05, 4.69) is 11.9 Å². The summed E-state index contributed by atoms with van der Waals surface area (Å²) in [6, 6.07) is 18.6. The van der Waals surface area contributed by atoms with Gasteiger partial charge in [0.25, 0.3) is 5.78 Å². The van der Waals surface area contributed by atoms with Crippen LogP contribution in [0.2, 0.25) is 5.02 Å². The molecule has 4 aromatic rings. The number of carbonyl (C=O) groups is 2. The van der Waals surface area contributed by atoms with Gasteiger partial charge >= 0.3 is 5.91 Å². The lowest BCUT2D eigenvalue weighted by Gasteiger charge is -2.24. The van der Waals surface area contributed by atoms with E-state index in [0.717, 1.165) is 22.2 Å². The summed E-state index contributed by atoms with van der Waals surface area (Å²) in [7, 11) is 1.52. The number of ether oxygens (including phenoxy) is 1. The number of ketones is 1. The first-order chi connectivity index (χ1) is 16.9. The van der Waals surface area contributed by atoms with Gasteiger partial charge in [0.2, 0.25) is 0 Å². The fourth-order valence-corrected chi connectivity index (χ4v) is 5.44. The Kier molecular flexibility index (Phi) is 6.05. The second kappa shape index (κ2) is 9.17. The number of thiazole rings is 1. The second-order valence-electron chi connectivity index (χ2n) is 8.07. The third-order valence-corrected chi connectivity index (χ3v) is 7.32. The van der Waals surface area contributed by atoms with E-state index in [0.29, 0.717) is 27.0 Å². The highest BCUT2D eigenvalue weighted by Crippen LogP contribution is 2.46. The number of carbonyl (C=O) groups excluding carboxylic acids is 2. The van der Waals surface area contributed by atoms with Crippen molar-refractivity contribution in [1.29, 1.82) is 0 Å². The highest BCUT2D eigenvalue weighted by molar-refractivity contribution is 7.22. The molecule has 0 unspecified atom stereocenters. The number of hydrogen-bond acceptors (Lipinski definition) is 6. The average Bonchev–Trinajstić information content (AvgIpc) is 3.41. The molecule has 0 aliphatic carbocycles. The largest absolute Gasteiger partial charge is 0.507 e. The number of aryl methyl sites for hydroxylation is 1. The highest BCUT2D eigenvalue weighted by atomic mass is 35.5. The molecule has 0 spiro atoms. The summed E-state index contributed by atoms with van der Waals surface area (Å²) in [6.07, 6.45) is 0.871. The number of Topliss-reactive ketones (excluding diaryl/α,β-unsaturated/α-hetero) is 1. The van der Waals surface area contributed by atoms with Gasteiger partial charge in [-0.1, -0.05) is 54.1 Å². The Hall–Kier alpha value is -3.68. The number of aliphatic hydroxyl groups excluding tert-OH is 1. The molecule has 35 heavy (non-hydrogen) atoms. The van der Waals surface area contributed by atoms with Gasteiger partial charge in [-0.3, -0.25) is 14.5 Å². The van der Waals surface area contributed by atoms with Crippen molar-refractivity contribution < 1.29 is 19.4 Å². The van der Waals surface area contributed by atoms with Crippen LogP contribution in [0.4, 0.5) is 5.13 Å². The lowest BCUT2D eigenvalue weighted by molar-refractivity contribution is -0.132. The fourth-order valence-electron chi connectivity index (χ4n) is 4.26. The maximum atomic E-state index is 13.4. The summed E-state index contributed by atoms with van der Waals surface area (Å²) < 4.78 is 6.48. The number of aliphatic hydroxyl groups is 1. The van der Waals surface area contributed by atoms with Gasteiger partial charge in [0, 0.05) is 16.1 Å². The van der Waals surface area contributed by atoms with Crippen LogP contribution in [0.15, 0.2) is 72.3 Å². The second-order valence-corrected chi connectivity index (χ2v) is 9.52. The van der Waals surface area contributed by atoms with Crippen LogP contribution in [0, 0.1) is 0 Å². The monoisotopic (exact) mass is 504 g/mol. The Bertz CT molecular complexity index is 1490. The molecule has 1 aliphatic heterocycles. The van der Waals surface area contributed by atoms with Crippen molar-refractivity contribution >= 4 is 55.7 Å².